The highest BCUT2D eigenvalue weighted by Gasteiger charge is 2.14. The number of nitrogens with one attached hydrogen (secondary N) is 2. The molecule has 6 nitrogen and oxygen atoms in total. The van der Waals surface area contributed by atoms with Crippen LogP contribution in [0.25, 0.3) is 0 Å². The van der Waals surface area contributed by atoms with Crippen molar-refractivity contribution < 1.29 is 19.1 Å². The molecular formula is C17H16Cl2N2O4S. The van der Waals surface area contributed by atoms with E-state index in [0.29, 0.717) is 26.4 Å². The topological polar surface area (TPSA) is 76.7 Å². The minimum absolute atomic E-state index is 0.0556. The van der Waals surface area contributed by atoms with Crippen LogP contribution in [-0.4, -0.2) is 31.8 Å². The van der Waals surface area contributed by atoms with Gasteiger partial charge >= 0.3 is 0 Å². The van der Waals surface area contributed by atoms with Crippen LogP contribution in [0.5, 0.6) is 11.5 Å². The fourth-order valence-corrected chi connectivity index (χ4v) is 3.24. The molecule has 0 aliphatic carbocycles. The molecule has 2 aromatic carbocycles. The lowest BCUT2D eigenvalue weighted by Gasteiger charge is -2.11. The summed E-state index contributed by atoms with van der Waals surface area (Å²) in [6.07, 6.45) is 0. The summed E-state index contributed by atoms with van der Waals surface area (Å²) >= 11 is 13.2. The molecule has 0 heterocycles. The van der Waals surface area contributed by atoms with Gasteiger partial charge in [-0.15, -0.1) is 11.8 Å². The van der Waals surface area contributed by atoms with Gasteiger partial charge < -0.3 is 9.47 Å². The molecule has 0 spiro atoms. The summed E-state index contributed by atoms with van der Waals surface area (Å²) in [6, 6.07) is 9.73. The van der Waals surface area contributed by atoms with Crippen LogP contribution in [0.15, 0.2) is 41.3 Å². The van der Waals surface area contributed by atoms with Gasteiger partial charge in [0.1, 0.15) is 11.5 Å². The summed E-state index contributed by atoms with van der Waals surface area (Å²) in [5.74, 6) is 0.0315. The molecule has 0 unspecified atom stereocenters. The first-order valence-electron chi connectivity index (χ1n) is 7.33. The van der Waals surface area contributed by atoms with Gasteiger partial charge in [0.25, 0.3) is 5.91 Å². The normalized spacial score (nSPS) is 10.2. The van der Waals surface area contributed by atoms with Gasteiger partial charge in [-0.1, -0.05) is 23.2 Å². The Bertz CT molecular complexity index is 817. The number of amides is 2. The molecule has 2 N–H and O–H groups in total. The Kier molecular flexibility index (Phi) is 7.44. The highest BCUT2D eigenvalue weighted by molar-refractivity contribution is 8.00. The second-order valence-electron chi connectivity index (χ2n) is 4.93. The second-order valence-corrected chi connectivity index (χ2v) is 6.79. The monoisotopic (exact) mass is 414 g/mol. The van der Waals surface area contributed by atoms with Gasteiger partial charge in [0, 0.05) is 16.0 Å². The number of halogens is 2. The molecule has 0 aliphatic rings. The van der Waals surface area contributed by atoms with Gasteiger partial charge in [0.15, 0.2) is 0 Å². The van der Waals surface area contributed by atoms with Crippen molar-refractivity contribution >= 4 is 46.8 Å². The maximum Gasteiger partial charge on any atom is 0.273 e. The summed E-state index contributed by atoms with van der Waals surface area (Å²) in [7, 11) is 2.95. The van der Waals surface area contributed by atoms with Crippen molar-refractivity contribution in [3.8, 4) is 11.5 Å². The Morgan fingerprint density at radius 1 is 1.04 bits per heavy atom. The molecule has 2 amide bonds. The predicted molar refractivity (Wildman–Crippen MR) is 102 cm³/mol. The number of hydrogen-bond donors (Lipinski definition) is 2. The van der Waals surface area contributed by atoms with E-state index in [1.165, 1.54) is 26.0 Å². The third-order valence-corrected chi connectivity index (χ3v) is 4.95. The quantitative estimate of drug-likeness (QED) is 0.557. The first-order valence-corrected chi connectivity index (χ1v) is 9.07. The van der Waals surface area contributed by atoms with Crippen molar-refractivity contribution in [2.75, 3.05) is 20.0 Å². The maximum absolute atomic E-state index is 12.2. The number of ether oxygens (including phenoxy) is 2. The van der Waals surface area contributed by atoms with Gasteiger partial charge in [0.05, 0.1) is 30.6 Å². The minimum Gasteiger partial charge on any atom is -0.497 e. The minimum atomic E-state index is -0.511. The van der Waals surface area contributed by atoms with Crippen molar-refractivity contribution in [2.24, 2.45) is 0 Å². The zero-order valence-corrected chi connectivity index (χ0v) is 16.3. The van der Waals surface area contributed by atoms with Crippen LogP contribution in [0.1, 0.15) is 10.4 Å². The van der Waals surface area contributed by atoms with E-state index in [9.17, 15) is 9.59 Å². The largest absolute Gasteiger partial charge is 0.497 e. The summed E-state index contributed by atoms with van der Waals surface area (Å²) < 4.78 is 10.2. The average molecular weight is 415 g/mol. The van der Waals surface area contributed by atoms with Crippen LogP contribution >= 0.6 is 35.0 Å². The summed E-state index contributed by atoms with van der Waals surface area (Å²) in [6.45, 7) is 0. The molecule has 2 rings (SSSR count). The van der Waals surface area contributed by atoms with Crippen LogP contribution in [0.3, 0.4) is 0 Å². The van der Waals surface area contributed by atoms with Crippen molar-refractivity contribution in [3.05, 3.63) is 52.0 Å². The van der Waals surface area contributed by atoms with Gasteiger partial charge in [0.2, 0.25) is 5.91 Å². The fourth-order valence-electron chi connectivity index (χ4n) is 1.95. The molecule has 0 radical (unpaired) electrons. The third-order valence-electron chi connectivity index (χ3n) is 3.22. The average Bonchev–Trinajstić information content (AvgIpc) is 2.66. The molecule has 9 heteroatoms. The van der Waals surface area contributed by atoms with Crippen molar-refractivity contribution in [2.45, 2.75) is 4.90 Å². The van der Waals surface area contributed by atoms with Gasteiger partial charge in [-0.25, -0.2) is 0 Å². The van der Waals surface area contributed by atoms with Gasteiger partial charge in [-0.05, 0) is 30.3 Å². The number of carbonyl (C=O) groups is 2. The summed E-state index contributed by atoms with van der Waals surface area (Å²) in [4.78, 5) is 24.8. The number of methoxy groups -OCH3 is 2. The van der Waals surface area contributed by atoms with Crippen molar-refractivity contribution in [3.63, 3.8) is 0 Å². The SMILES string of the molecule is COc1ccc(C(=O)NNC(=O)CSc2cc(Cl)ccc2Cl)c(OC)c1. The van der Waals surface area contributed by atoms with Crippen molar-refractivity contribution in [1.29, 1.82) is 0 Å². The number of hydrogen-bond acceptors (Lipinski definition) is 5. The number of hydrazine groups is 1. The molecular weight excluding hydrogens is 399 g/mol. The lowest BCUT2D eigenvalue weighted by atomic mass is 10.2. The number of thioether (sulfide) groups is 1. The highest BCUT2D eigenvalue weighted by Crippen LogP contribution is 2.29. The maximum atomic E-state index is 12.2. The lowest BCUT2D eigenvalue weighted by Crippen LogP contribution is -2.42. The van der Waals surface area contributed by atoms with E-state index in [-0.39, 0.29) is 11.3 Å². The number of carbonyl (C=O) groups excluding carboxylic acids is 2. The molecule has 2 aromatic rings. The first-order chi connectivity index (χ1) is 12.4. The van der Waals surface area contributed by atoms with Crippen LogP contribution in [-0.2, 0) is 4.79 Å². The Hall–Kier alpha value is -2.09. The van der Waals surface area contributed by atoms with Gasteiger partial charge in [-0.3, -0.25) is 20.4 Å². The van der Waals surface area contributed by atoms with Crippen LogP contribution < -0.4 is 20.3 Å². The smallest absolute Gasteiger partial charge is 0.273 e. The summed E-state index contributed by atoms with van der Waals surface area (Å²) in [5, 5.41) is 1.02. The molecule has 138 valence electrons. The summed E-state index contributed by atoms with van der Waals surface area (Å²) in [5.41, 5.74) is 4.95. The van der Waals surface area contributed by atoms with Crippen LogP contribution in [0.2, 0.25) is 10.0 Å². The van der Waals surface area contributed by atoms with Crippen molar-refractivity contribution in [1.82, 2.24) is 10.9 Å². The van der Waals surface area contributed by atoms with E-state index in [4.69, 9.17) is 32.7 Å². The second kappa shape index (κ2) is 9.56. The van der Waals surface area contributed by atoms with Crippen LogP contribution in [0.4, 0.5) is 0 Å². The molecule has 0 bridgehead atoms. The Morgan fingerprint density at radius 2 is 1.81 bits per heavy atom. The van der Waals surface area contributed by atoms with E-state index in [2.05, 4.69) is 10.9 Å². The molecule has 0 saturated heterocycles. The fraction of sp³-hybridized carbons (Fsp3) is 0.176. The molecule has 26 heavy (non-hydrogen) atoms. The molecule has 0 saturated carbocycles. The molecule has 0 aliphatic heterocycles. The lowest BCUT2D eigenvalue weighted by molar-refractivity contribution is -0.119. The Labute approximate surface area is 165 Å². The molecule has 0 aromatic heterocycles. The highest BCUT2D eigenvalue weighted by atomic mass is 35.5. The predicted octanol–water partition coefficient (Wildman–Crippen LogP) is 3.56. The third kappa shape index (κ3) is 5.45. The molecule has 0 atom stereocenters. The van der Waals surface area contributed by atoms with E-state index in [0.717, 1.165) is 0 Å². The van der Waals surface area contributed by atoms with E-state index >= 15 is 0 Å². The van der Waals surface area contributed by atoms with E-state index in [1.54, 1.807) is 36.4 Å². The van der Waals surface area contributed by atoms with Crippen LogP contribution in [0, 0.1) is 0 Å². The van der Waals surface area contributed by atoms with E-state index < -0.39 is 11.8 Å². The first kappa shape index (κ1) is 20.2. The zero-order chi connectivity index (χ0) is 19.1. The Balaban J connectivity index is 1.91. The zero-order valence-electron chi connectivity index (χ0n) is 14.0. The standard InChI is InChI=1S/C17H16Cl2N2O4S/c1-24-11-4-5-12(14(8-11)25-2)17(23)21-20-16(22)9-26-15-7-10(18)3-6-13(15)19/h3-8H,9H2,1-2H3,(H,20,22)(H,21,23). The van der Waals surface area contributed by atoms with Gasteiger partial charge in [-0.2, -0.15) is 0 Å². The molecule has 0 fully saturated rings. The number of benzene rings is 2. The van der Waals surface area contributed by atoms with E-state index in [1.807, 2.05) is 0 Å². The Morgan fingerprint density at radius 3 is 2.50 bits per heavy atom. The number of rotatable bonds is 6.